The molecular weight excluding hydrogens is 302 g/mol. The number of unbranched alkanes of at least 4 members (excludes halogenated alkanes) is 4. The molecule has 1 rings (SSSR count). The summed E-state index contributed by atoms with van der Waals surface area (Å²) in [5.41, 5.74) is 1.24. The number of hydrogen-bond donors (Lipinski definition) is 3. The van der Waals surface area contributed by atoms with Crippen molar-refractivity contribution in [3.05, 3.63) is 12.3 Å². The van der Waals surface area contributed by atoms with Crippen LogP contribution in [0, 0.1) is 11.8 Å². The summed E-state index contributed by atoms with van der Waals surface area (Å²) in [7, 11) is 1.98. The molecule has 4 heteroatoms. The lowest BCUT2D eigenvalue weighted by molar-refractivity contribution is 0.339. The Balaban J connectivity index is 2.31. The molecule has 0 aliphatic heterocycles. The summed E-state index contributed by atoms with van der Waals surface area (Å²) in [6.45, 7) is 11.0. The van der Waals surface area contributed by atoms with Gasteiger partial charge in [-0.1, -0.05) is 59.0 Å². The van der Waals surface area contributed by atoms with E-state index < -0.39 is 0 Å². The summed E-state index contributed by atoms with van der Waals surface area (Å²) < 4.78 is 3.56. The second-order valence-electron chi connectivity index (χ2n) is 7.05. The van der Waals surface area contributed by atoms with E-state index in [1.165, 1.54) is 63.5 Å². The second-order valence-corrected chi connectivity index (χ2v) is 8.16. The Hall–Kier alpha value is -0.190. The molecule has 2 atom stereocenters. The van der Waals surface area contributed by atoms with Crippen LogP contribution in [0.2, 0.25) is 0 Å². The van der Waals surface area contributed by atoms with Crippen LogP contribution >= 0.6 is 11.9 Å². The second kappa shape index (κ2) is 13.1. The molecule has 1 aliphatic carbocycles. The molecule has 3 nitrogen and oxygen atoms in total. The average molecular weight is 342 g/mol. The lowest BCUT2D eigenvalue weighted by atomic mass is 9.85. The molecule has 0 aromatic rings. The topological polar surface area (TPSA) is 36.1 Å². The minimum Gasteiger partial charge on any atom is -0.334 e. The first-order valence-electron chi connectivity index (χ1n) is 9.64. The molecule has 1 saturated carbocycles. The molecule has 136 valence electrons. The zero-order chi connectivity index (χ0) is 16.9. The van der Waals surface area contributed by atoms with Gasteiger partial charge in [-0.05, 0) is 50.7 Å². The predicted molar refractivity (Wildman–Crippen MR) is 105 cm³/mol. The SMILES string of the molecule is C=C(NSC1CC1)C(CCNCNC)[C@@H](C)CCCCCCC. The van der Waals surface area contributed by atoms with E-state index in [1.54, 1.807) is 0 Å². The quantitative estimate of drug-likeness (QED) is 0.217. The highest BCUT2D eigenvalue weighted by atomic mass is 32.2. The van der Waals surface area contributed by atoms with Gasteiger partial charge < -0.3 is 15.4 Å². The van der Waals surface area contributed by atoms with Gasteiger partial charge in [0.15, 0.2) is 0 Å². The smallest absolute Gasteiger partial charge is 0.0451 e. The van der Waals surface area contributed by atoms with Crippen LogP contribution in [0.5, 0.6) is 0 Å². The van der Waals surface area contributed by atoms with E-state index in [9.17, 15) is 0 Å². The summed E-state index contributed by atoms with van der Waals surface area (Å²) in [6.07, 6.45) is 12.1. The van der Waals surface area contributed by atoms with Crippen LogP contribution in [0.3, 0.4) is 0 Å². The molecular formula is C19H39N3S. The van der Waals surface area contributed by atoms with E-state index in [2.05, 4.69) is 35.8 Å². The monoisotopic (exact) mass is 341 g/mol. The molecule has 3 N–H and O–H groups in total. The van der Waals surface area contributed by atoms with Crippen molar-refractivity contribution < 1.29 is 0 Å². The van der Waals surface area contributed by atoms with Crippen molar-refractivity contribution in [2.75, 3.05) is 20.3 Å². The normalized spacial score (nSPS) is 17.0. The van der Waals surface area contributed by atoms with Gasteiger partial charge in [0.2, 0.25) is 0 Å². The van der Waals surface area contributed by atoms with Gasteiger partial charge in [-0.25, -0.2) is 0 Å². The fraction of sp³-hybridized carbons (Fsp3) is 0.895. The van der Waals surface area contributed by atoms with Crippen molar-refractivity contribution in [3.8, 4) is 0 Å². The van der Waals surface area contributed by atoms with Crippen LogP contribution in [0.1, 0.15) is 71.6 Å². The molecule has 1 unspecified atom stereocenters. The van der Waals surface area contributed by atoms with Gasteiger partial charge >= 0.3 is 0 Å². The lowest BCUT2D eigenvalue weighted by Gasteiger charge is -2.27. The summed E-state index contributed by atoms with van der Waals surface area (Å²) in [6, 6.07) is 0. The zero-order valence-corrected chi connectivity index (χ0v) is 16.4. The molecule has 0 heterocycles. The maximum Gasteiger partial charge on any atom is 0.0451 e. The molecule has 1 fully saturated rings. The Labute approximate surface area is 149 Å². The average Bonchev–Trinajstić information content (AvgIpc) is 3.36. The fourth-order valence-electron chi connectivity index (χ4n) is 2.96. The van der Waals surface area contributed by atoms with Crippen LogP contribution < -0.4 is 15.4 Å². The van der Waals surface area contributed by atoms with Gasteiger partial charge in [-0.2, -0.15) is 0 Å². The Bertz CT molecular complexity index is 305. The third-order valence-electron chi connectivity index (χ3n) is 4.71. The van der Waals surface area contributed by atoms with Crippen molar-refractivity contribution in [1.82, 2.24) is 15.4 Å². The third-order valence-corrected chi connectivity index (χ3v) is 5.90. The Morgan fingerprint density at radius 3 is 2.57 bits per heavy atom. The van der Waals surface area contributed by atoms with E-state index in [0.717, 1.165) is 18.5 Å². The highest BCUT2D eigenvalue weighted by Crippen LogP contribution is 2.34. The zero-order valence-electron chi connectivity index (χ0n) is 15.6. The van der Waals surface area contributed by atoms with E-state index in [-0.39, 0.29) is 0 Å². The van der Waals surface area contributed by atoms with E-state index >= 15 is 0 Å². The molecule has 0 aromatic carbocycles. The molecule has 0 radical (unpaired) electrons. The van der Waals surface area contributed by atoms with Gasteiger partial charge in [0.25, 0.3) is 0 Å². The molecule has 0 saturated heterocycles. The first-order chi connectivity index (χ1) is 11.2. The van der Waals surface area contributed by atoms with Gasteiger partial charge in [0.05, 0.1) is 0 Å². The number of rotatable bonds is 16. The van der Waals surface area contributed by atoms with Crippen LogP contribution in [0.25, 0.3) is 0 Å². The number of allylic oxidation sites excluding steroid dienone is 1. The molecule has 1 aliphatic rings. The highest BCUT2D eigenvalue weighted by molar-refractivity contribution is 7.98. The maximum absolute atomic E-state index is 4.36. The minimum atomic E-state index is 0.580. The van der Waals surface area contributed by atoms with Crippen molar-refractivity contribution >= 4 is 11.9 Å². The van der Waals surface area contributed by atoms with Gasteiger partial charge in [0.1, 0.15) is 0 Å². The van der Waals surface area contributed by atoms with Crippen molar-refractivity contribution in [3.63, 3.8) is 0 Å². The van der Waals surface area contributed by atoms with E-state index in [4.69, 9.17) is 0 Å². The van der Waals surface area contributed by atoms with Crippen molar-refractivity contribution in [1.29, 1.82) is 0 Å². The highest BCUT2D eigenvalue weighted by Gasteiger charge is 2.25. The van der Waals surface area contributed by atoms with Crippen molar-refractivity contribution in [2.45, 2.75) is 76.9 Å². The molecule has 0 spiro atoms. The molecule has 0 amide bonds. The van der Waals surface area contributed by atoms with E-state index in [1.807, 2.05) is 19.0 Å². The van der Waals surface area contributed by atoms with Crippen molar-refractivity contribution in [2.24, 2.45) is 11.8 Å². The minimum absolute atomic E-state index is 0.580. The summed E-state index contributed by atoms with van der Waals surface area (Å²) in [5, 5.41) is 7.43. The maximum atomic E-state index is 4.36. The Kier molecular flexibility index (Phi) is 11.9. The first kappa shape index (κ1) is 20.9. The Morgan fingerprint density at radius 2 is 1.91 bits per heavy atom. The van der Waals surface area contributed by atoms with Gasteiger partial charge in [-0.15, -0.1) is 0 Å². The van der Waals surface area contributed by atoms with Crippen LogP contribution in [0.15, 0.2) is 12.3 Å². The van der Waals surface area contributed by atoms with Gasteiger partial charge in [0, 0.05) is 23.5 Å². The van der Waals surface area contributed by atoms with E-state index in [0.29, 0.717) is 11.8 Å². The largest absolute Gasteiger partial charge is 0.334 e. The third kappa shape index (κ3) is 10.3. The number of nitrogens with one attached hydrogen (secondary N) is 3. The fourth-order valence-corrected chi connectivity index (χ4v) is 3.81. The molecule has 23 heavy (non-hydrogen) atoms. The predicted octanol–water partition coefficient (Wildman–Crippen LogP) is 4.67. The molecule has 0 aromatic heterocycles. The molecule has 0 bridgehead atoms. The summed E-state index contributed by atoms with van der Waals surface area (Å²) >= 11 is 1.89. The van der Waals surface area contributed by atoms with Crippen LogP contribution in [0.4, 0.5) is 0 Å². The van der Waals surface area contributed by atoms with Crippen LogP contribution in [-0.4, -0.2) is 25.5 Å². The Morgan fingerprint density at radius 1 is 1.17 bits per heavy atom. The van der Waals surface area contributed by atoms with Gasteiger partial charge in [-0.3, -0.25) is 0 Å². The summed E-state index contributed by atoms with van der Waals surface area (Å²) in [5.74, 6) is 1.30. The standard InChI is InChI=1S/C19H39N3S/c1-5-6-7-8-9-10-16(2)19(13-14-21-15-20-4)17(3)22-23-18-11-12-18/h16,18-22H,3,5-15H2,1-2,4H3/t16-,19?/m0/s1. The number of hydrogen-bond acceptors (Lipinski definition) is 4. The summed E-state index contributed by atoms with van der Waals surface area (Å²) in [4.78, 5) is 0. The first-order valence-corrected chi connectivity index (χ1v) is 10.5. The lowest BCUT2D eigenvalue weighted by Crippen LogP contribution is -2.30. The van der Waals surface area contributed by atoms with Crippen LogP contribution in [-0.2, 0) is 0 Å².